The van der Waals surface area contributed by atoms with Crippen LogP contribution in [0.3, 0.4) is 0 Å². The first kappa shape index (κ1) is 10.2. The molecule has 3 nitrogen and oxygen atoms in total. The standard InChI is InChI=1S/C11H14FNO2/c12-10-7(3-4-11(13)5-6-11)8(14)1-2-9(10)15/h1-2,14-15H,3-6,13H2. The van der Waals surface area contributed by atoms with E-state index in [9.17, 15) is 9.50 Å². The minimum Gasteiger partial charge on any atom is -0.508 e. The predicted octanol–water partition coefficient (Wildman–Crippen LogP) is 1.66. The monoisotopic (exact) mass is 211 g/mol. The van der Waals surface area contributed by atoms with Gasteiger partial charge >= 0.3 is 0 Å². The second kappa shape index (κ2) is 3.38. The van der Waals surface area contributed by atoms with Crippen molar-refractivity contribution in [3.63, 3.8) is 0 Å². The summed E-state index contributed by atoms with van der Waals surface area (Å²) in [4.78, 5) is 0. The van der Waals surface area contributed by atoms with Crippen LogP contribution >= 0.6 is 0 Å². The molecule has 0 aliphatic heterocycles. The first-order valence-electron chi connectivity index (χ1n) is 5.00. The van der Waals surface area contributed by atoms with Crippen LogP contribution in [-0.2, 0) is 6.42 Å². The fraction of sp³-hybridized carbons (Fsp3) is 0.455. The number of benzene rings is 1. The first-order chi connectivity index (χ1) is 7.02. The molecule has 0 spiro atoms. The molecule has 0 amide bonds. The smallest absolute Gasteiger partial charge is 0.171 e. The van der Waals surface area contributed by atoms with Crippen LogP contribution in [0.2, 0.25) is 0 Å². The topological polar surface area (TPSA) is 66.5 Å². The molecule has 0 bridgehead atoms. The van der Waals surface area contributed by atoms with Crippen LogP contribution < -0.4 is 5.73 Å². The van der Waals surface area contributed by atoms with Crippen molar-refractivity contribution in [2.24, 2.45) is 5.73 Å². The normalized spacial score (nSPS) is 17.7. The molecule has 0 radical (unpaired) electrons. The average Bonchev–Trinajstić information content (AvgIpc) is 2.91. The van der Waals surface area contributed by atoms with Crippen molar-refractivity contribution in [1.82, 2.24) is 0 Å². The molecule has 4 N–H and O–H groups in total. The number of aromatic hydroxyl groups is 2. The van der Waals surface area contributed by atoms with E-state index in [2.05, 4.69) is 0 Å². The van der Waals surface area contributed by atoms with E-state index in [0.29, 0.717) is 12.8 Å². The van der Waals surface area contributed by atoms with Gasteiger partial charge in [0.2, 0.25) is 0 Å². The molecule has 15 heavy (non-hydrogen) atoms. The number of hydrogen-bond donors (Lipinski definition) is 3. The maximum atomic E-state index is 13.4. The van der Waals surface area contributed by atoms with Gasteiger partial charge in [0.05, 0.1) is 0 Å². The highest BCUT2D eigenvalue weighted by atomic mass is 19.1. The SMILES string of the molecule is NC1(CCc2c(O)ccc(O)c2F)CC1. The Hall–Kier alpha value is -1.29. The Morgan fingerprint density at radius 2 is 1.87 bits per heavy atom. The fourth-order valence-corrected chi connectivity index (χ4v) is 1.62. The fourth-order valence-electron chi connectivity index (χ4n) is 1.62. The lowest BCUT2D eigenvalue weighted by atomic mass is 10.0. The number of nitrogens with two attached hydrogens (primary N) is 1. The molecular weight excluding hydrogens is 197 g/mol. The Bertz CT molecular complexity index is 388. The van der Waals surface area contributed by atoms with E-state index in [1.165, 1.54) is 6.07 Å². The van der Waals surface area contributed by atoms with Gasteiger partial charge in [-0.1, -0.05) is 0 Å². The third kappa shape index (κ3) is 2.04. The largest absolute Gasteiger partial charge is 0.508 e. The number of hydrogen-bond acceptors (Lipinski definition) is 3. The molecule has 0 saturated heterocycles. The summed E-state index contributed by atoms with van der Waals surface area (Å²) in [7, 11) is 0. The van der Waals surface area contributed by atoms with Crippen LogP contribution in [0.25, 0.3) is 0 Å². The van der Waals surface area contributed by atoms with E-state index < -0.39 is 11.6 Å². The molecular formula is C11H14FNO2. The maximum Gasteiger partial charge on any atom is 0.171 e. The zero-order valence-electron chi connectivity index (χ0n) is 8.33. The Labute approximate surface area is 87.3 Å². The van der Waals surface area contributed by atoms with E-state index in [-0.39, 0.29) is 16.9 Å². The number of halogens is 1. The van der Waals surface area contributed by atoms with Crippen molar-refractivity contribution in [2.75, 3.05) is 0 Å². The summed E-state index contributed by atoms with van der Waals surface area (Å²) in [5, 5.41) is 18.6. The first-order valence-corrected chi connectivity index (χ1v) is 5.00. The number of phenolic OH excluding ortho intramolecular Hbond substituents is 2. The molecule has 1 fully saturated rings. The molecule has 1 aromatic rings. The molecule has 1 aromatic carbocycles. The van der Waals surface area contributed by atoms with Crippen molar-refractivity contribution in [3.8, 4) is 11.5 Å². The van der Waals surface area contributed by atoms with Gasteiger partial charge in [-0.2, -0.15) is 0 Å². The molecule has 82 valence electrons. The minimum absolute atomic E-state index is 0.116. The lowest BCUT2D eigenvalue weighted by Gasteiger charge is -2.10. The summed E-state index contributed by atoms with van der Waals surface area (Å²) in [5.41, 5.74) is 5.85. The molecule has 4 heteroatoms. The van der Waals surface area contributed by atoms with E-state index >= 15 is 0 Å². The molecule has 0 atom stereocenters. The molecule has 1 aliphatic rings. The average molecular weight is 211 g/mol. The van der Waals surface area contributed by atoms with Crippen LogP contribution in [0, 0.1) is 5.82 Å². The second-order valence-corrected chi connectivity index (χ2v) is 4.26. The third-order valence-electron chi connectivity index (χ3n) is 2.96. The summed E-state index contributed by atoms with van der Waals surface area (Å²) >= 11 is 0. The van der Waals surface area contributed by atoms with Crippen molar-refractivity contribution in [2.45, 2.75) is 31.2 Å². The van der Waals surface area contributed by atoms with Crippen molar-refractivity contribution < 1.29 is 14.6 Å². The van der Waals surface area contributed by atoms with E-state index in [1.807, 2.05) is 0 Å². The van der Waals surface area contributed by atoms with Crippen molar-refractivity contribution in [1.29, 1.82) is 0 Å². The molecule has 0 unspecified atom stereocenters. The van der Waals surface area contributed by atoms with Crippen LogP contribution in [-0.4, -0.2) is 15.8 Å². The lowest BCUT2D eigenvalue weighted by molar-refractivity contribution is 0.410. The molecule has 1 aliphatic carbocycles. The molecule has 1 saturated carbocycles. The van der Waals surface area contributed by atoms with Gasteiger partial charge in [-0.25, -0.2) is 4.39 Å². The van der Waals surface area contributed by atoms with Gasteiger partial charge in [-0.3, -0.25) is 0 Å². The Morgan fingerprint density at radius 3 is 2.47 bits per heavy atom. The number of rotatable bonds is 3. The summed E-state index contributed by atoms with van der Waals surface area (Å²) in [6.45, 7) is 0. The summed E-state index contributed by atoms with van der Waals surface area (Å²) in [5.74, 6) is -1.28. The highest BCUT2D eigenvalue weighted by Crippen LogP contribution is 2.38. The zero-order valence-corrected chi connectivity index (χ0v) is 8.33. The summed E-state index contributed by atoms with van der Waals surface area (Å²) < 4.78 is 13.4. The van der Waals surface area contributed by atoms with Gasteiger partial charge in [-0.15, -0.1) is 0 Å². The second-order valence-electron chi connectivity index (χ2n) is 4.26. The minimum atomic E-state index is -0.737. The van der Waals surface area contributed by atoms with Crippen molar-refractivity contribution >= 4 is 0 Å². The Kier molecular flexibility index (Phi) is 2.31. The molecule has 2 rings (SSSR count). The van der Waals surface area contributed by atoms with Crippen LogP contribution in [0.1, 0.15) is 24.8 Å². The highest BCUT2D eigenvalue weighted by molar-refractivity contribution is 5.40. The van der Waals surface area contributed by atoms with Gasteiger partial charge in [0.15, 0.2) is 11.6 Å². The van der Waals surface area contributed by atoms with Gasteiger partial charge in [0.25, 0.3) is 0 Å². The maximum absolute atomic E-state index is 13.4. The zero-order chi connectivity index (χ0) is 11.1. The lowest BCUT2D eigenvalue weighted by Crippen LogP contribution is -2.22. The van der Waals surface area contributed by atoms with E-state index in [1.54, 1.807) is 0 Å². The number of phenols is 2. The molecule has 0 heterocycles. The van der Waals surface area contributed by atoms with Crippen LogP contribution in [0.15, 0.2) is 12.1 Å². The highest BCUT2D eigenvalue weighted by Gasteiger charge is 2.37. The van der Waals surface area contributed by atoms with Gasteiger partial charge in [-0.05, 0) is 37.8 Å². The van der Waals surface area contributed by atoms with Gasteiger partial charge in [0, 0.05) is 11.1 Å². The van der Waals surface area contributed by atoms with Crippen molar-refractivity contribution in [3.05, 3.63) is 23.5 Å². The van der Waals surface area contributed by atoms with Crippen LogP contribution in [0.5, 0.6) is 11.5 Å². The molecule has 0 aromatic heterocycles. The van der Waals surface area contributed by atoms with E-state index in [4.69, 9.17) is 10.8 Å². The summed E-state index contributed by atoms with van der Waals surface area (Å²) in [6, 6.07) is 2.44. The van der Waals surface area contributed by atoms with E-state index in [0.717, 1.165) is 18.9 Å². The van der Waals surface area contributed by atoms with Gasteiger partial charge < -0.3 is 15.9 Å². The Morgan fingerprint density at radius 1 is 1.27 bits per heavy atom. The van der Waals surface area contributed by atoms with Crippen LogP contribution in [0.4, 0.5) is 4.39 Å². The third-order valence-corrected chi connectivity index (χ3v) is 2.96. The summed E-state index contributed by atoms with van der Waals surface area (Å²) in [6.07, 6.45) is 2.91. The quantitative estimate of drug-likeness (QED) is 0.666. The Balaban J connectivity index is 2.16. The predicted molar refractivity (Wildman–Crippen MR) is 54.2 cm³/mol. The van der Waals surface area contributed by atoms with Gasteiger partial charge in [0.1, 0.15) is 5.75 Å².